The maximum Gasteiger partial charge on any atom is 0.0541 e. The number of halogens is 3. The number of hydrogen-bond acceptors (Lipinski definition) is 0. The van der Waals surface area contributed by atoms with Crippen molar-refractivity contribution >= 4 is 47.4 Å². The normalized spacial score (nSPS) is 15.4. The topological polar surface area (TPSA) is 0 Å². The van der Waals surface area contributed by atoms with E-state index in [1.165, 1.54) is 0 Å². The highest BCUT2D eigenvalue weighted by atomic mass is 35.5. The Kier molecular flexibility index (Phi) is 7.30. The van der Waals surface area contributed by atoms with Crippen molar-refractivity contribution in [2.45, 2.75) is 11.8 Å². The van der Waals surface area contributed by atoms with Crippen LogP contribution >= 0.6 is 47.4 Å². The minimum Gasteiger partial charge on any atom is -0.127 e. The molecule has 10 heavy (non-hydrogen) atoms. The lowest BCUT2D eigenvalue weighted by atomic mass is 10.3. The Morgan fingerprint density at radius 2 is 2.20 bits per heavy atom. The molecule has 1 radical (unpaired) electrons. The molecule has 0 aliphatic carbocycles. The van der Waals surface area contributed by atoms with Crippen molar-refractivity contribution in [2.75, 3.05) is 11.6 Å². The van der Waals surface area contributed by atoms with E-state index in [2.05, 4.69) is 12.6 Å². The fourth-order valence-corrected chi connectivity index (χ4v) is 1.35. The molecular weight excluding hydrogens is 210 g/mol. The molecule has 0 bridgehead atoms. The van der Waals surface area contributed by atoms with Gasteiger partial charge in [-0.3, -0.25) is 0 Å². The predicted molar refractivity (Wildman–Crippen MR) is 51.4 cm³/mol. The van der Waals surface area contributed by atoms with Crippen LogP contribution in [-0.2, 0) is 0 Å². The number of rotatable bonds is 4. The smallest absolute Gasteiger partial charge is 0.0541 e. The van der Waals surface area contributed by atoms with Crippen LogP contribution in [-0.4, -0.2) is 17.0 Å². The summed E-state index contributed by atoms with van der Waals surface area (Å²) in [5.74, 6) is 0.972. The van der Waals surface area contributed by atoms with E-state index < -0.39 is 0 Å². The van der Waals surface area contributed by atoms with Gasteiger partial charge in [0, 0.05) is 16.7 Å². The second-order valence-electron chi connectivity index (χ2n) is 1.75. The fourth-order valence-electron chi connectivity index (χ4n) is 0.432. The molecule has 1 atom stereocenters. The van der Waals surface area contributed by atoms with Gasteiger partial charge in [-0.25, -0.2) is 0 Å². The van der Waals surface area contributed by atoms with Crippen LogP contribution in [0.2, 0.25) is 0 Å². The van der Waals surface area contributed by atoms with Gasteiger partial charge in [0.15, 0.2) is 0 Å². The van der Waals surface area contributed by atoms with Gasteiger partial charge in [0.25, 0.3) is 0 Å². The molecule has 0 amide bonds. The van der Waals surface area contributed by atoms with Gasteiger partial charge in [-0.15, -0.1) is 23.2 Å². The fraction of sp³-hybridized carbons (Fsp3) is 0.667. The average molecular weight is 219 g/mol. The summed E-state index contributed by atoms with van der Waals surface area (Å²) in [5.41, 5.74) is 0. The van der Waals surface area contributed by atoms with Crippen molar-refractivity contribution in [1.29, 1.82) is 0 Å². The molecule has 0 aromatic carbocycles. The van der Waals surface area contributed by atoms with Crippen LogP contribution in [0.15, 0.2) is 11.1 Å². The highest BCUT2D eigenvalue weighted by molar-refractivity contribution is 7.80. The van der Waals surface area contributed by atoms with E-state index in [0.717, 1.165) is 6.42 Å². The summed E-state index contributed by atoms with van der Waals surface area (Å²) in [5, 5.41) is 0.549. The SMILES string of the molecule is [S]CC(Cl)=CC(Cl)CCCl. The van der Waals surface area contributed by atoms with Crippen molar-refractivity contribution in [3.8, 4) is 0 Å². The molecule has 0 fully saturated rings. The molecule has 0 aliphatic heterocycles. The van der Waals surface area contributed by atoms with Crippen LogP contribution in [0.3, 0.4) is 0 Å². The minimum atomic E-state index is -0.0760. The van der Waals surface area contributed by atoms with Crippen molar-refractivity contribution in [3.63, 3.8) is 0 Å². The van der Waals surface area contributed by atoms with Crippen LogP contribution in [0.5, 0.6) is 0 Å². The lowest BCUT2D eigenvalue weighted by molar-refractivity contribution is 0.971. The number of alkyl halides is 2. The van der Waals surface area contributed by atoms with Crippen molar-refractivity contribution < 1.29 is 0 Å². The number of hydrogen-bond donors (Lipinski definition) is 0. The first kappa shape index (κ1) is 11.0. The lowest BCUT2D eigenvalue weighted by Crippen LogP contribution is -1.95. The van der Waals surface area contributed by atoms with E-state index in [0.29, 0.717) is 16.7 Å². The summed E-state index contributed by atoms with van der Waals surface area (Å²) in [6.07, 6.45) is 2.47. The maximum absolute atomic E-state index is 5.76. The Bertz CT molecular complexity index is 114. The second kappa shape index (κ2) is 6.66. The molecule has 0 saturated carbocycles. The first-order chi connectivity index (χ1) is 4.70. The summed E-state index contributed by atoms with van der Waals surface area (Å²) in [7, 11) is 0. The van der Waals surface area contributed by atoms with Gasteiger partial charge in [-0.05, 0) is 6.42 Å². The Morgan fingerprint density at radius 3 is 2.60 bits per heavy atom. The minimum absolute atomic E-state index is 0.0760. The standard InChI is InChI=1S/C6H8Cl3S/c7-2-1-5(8)3-6(9)4-10/h3,5H,1-2,4H2. The quantitative estimate of drug-likeness (QED) is 0.633. The first-order valence-electron chi connectivity index (χ1n) is 2.85. The summed E-state index contributed by atoms with van der Waals surface area (Å²) < 4.78 is 0. The van der Waals surface area contributed by atoms with Crippen LogP contribution in [0.4, 0.5) is 0 Å². The molecule has 0 aromatic rings. The zero-order valence-electron chi connectivity index (χ0n) is 5.32. The largest absolute Gasteiger partial charge is 0.127 e. The molecular formula is C6H8Cl3S. The molecule has 0 aromatic heterocycles. The van der Waals surface area contributed by atoms with Crippen LogP contribution in [0, 0.1) is 0 Å². The number of allylic oxidation sites excluding steroid dienone is 1. The van der Waals surface area contributed by atoms with Crippen molar-refractivity contribution in [2.24, 2.45) is 0 Å². The van der Waals surface area contributed by atoms with E-state index in [1.54, 1.807) is 6.08 Å². The van der Waals surface area contributed by atoms with Gasteiger partial charge < -0.3 is 0 Å². The van der Waals surface area contributed by atoms with E-state index in [1.807, 2.05) is 0 Å². The lowest BCUT2D eigenvalue weighted by Gasteiger charge is -1.99. The van der Waals surface area contributed by atoms with E-state index in [4.69, 9.17) is 34.8 Å². The Balaban J connectivity index is 3.62. The molecule has 59 valence electrons. The predicted octanol–water partition coefficient (Wildman–Crippen LogP) is 3.54. The third-order valence-electron chi connectivity index (χ3n) is 0.884. The molecule has 0 N–H and O–H groups in total. The first-order valence-corrected chi connectivity index (χ1v) is 4.77. The summed E-state index contributed by atoms with van der Waals surface area (Å²) in [4.78, 5) is 0. The van der Waals surface area contributed by atoms with Crippen LogP contribution in [0.25, 0.3) is 0 Å². The second-order valence-corrected chi connectivity index (χ2v) is 3.46. The van der Waals surface area contributed by atoms with Crippen LogP contribution in [0.1, 0.15) is 6.42 Å². The van der Waals surface area contributed by atoms with Gasteiger partial charge >= 0.3 is 0 Å². The van der Waals surface area contributed by atoms with Gasteiger partial charge in [-0.1, -0.05) is 30.3 Å². The molecule has 0 heterocycles. The van der Waals surface area contributed by atoms with Gasteiger partial charge in [0.1, 0.15) is 0 Å². The average Bonchev–Trinajstić information content (AvgIpc) is 1.88. The van der Waals surface area contributed by atoms with E-state index >= 15 is 0 Å². The van der Waals surface area contributed by atoms with E-state index in [9.17, 15) is 0 Å². The monoisotopic (exact) mass is 217 g/mol. The zero-order chi connectivity index (χ0) is 7.98. The molecule has 0 nitrogen and oxygen atoms in total. The highest BCUT2D eigenvalue weighted by Gasteiger charge is 1.99. The molecule has 0 saturated heterocycles. The molecule has 1 unspecified atom stereocenters. The van der Waals surface area contributed by atoms with Gasteiger partial charge in [0.05, 0.1) is 5.38 Å². The van der Waals surface area contributed by atoms with Crippen molar-refractivity contribution in [3.05, 3.63) is 11.1 Å². The Labute approximate surface area is 81.9 Å². The Morgan fingerprint density at radius 1 is 1.60 bits per heavy atom. The third kappa shape index (κ3) is 5.72. The maximum atomic E-state index is 5.76. The highest BCUT2D eigenvalue weighted by Crippen LogP contribution is 2.11. The molecule has 0 rings (SSSR count). The molecule has 4 heteroatoms. The Hall–Kier alpha value is 0.960. The summed E-state index contributed by atoms with van der Waals surface area (Å²) >= 11 is 21.5. The molecule has 0 spiro atoms. The summed E-state index contributed by atoms with van der Waals surface area (Å²) in [6, 6.07) is 0. The van der Waals surface area contributed by atoms with E-state index in [-0.39, 0.29) is 5.38 Å². The van der Waals surface area contributed by atoms with Gasteiger partial charge in [0.2, 0.25) is 0 Å². The van der Waals surface area contributed by atoms with Gasteiger partial charge in [-0.2, -0.15) is 0 Å². The molecule has 0 aliphatic rings. The van der Waals surface area contributed by atoms with Crippen LogP contribution < -0.4 is 0 Å². The van der Waals surface area contributed by atoms with Crippen molar-refractivity contribution in [1.82, 2.24) is 0 Å². The summed E-state index contributed by atoms with van der Waals surface area (Å²) in [6.45, 7) is 0. The zero-order valence-corrected chi connectivity index (χ0v) is 8.40. The third-order valence-corrected chi connectivity index (χ3v) is 2.18.